The van der Waals surface area contributed by atoms with Crippen LogP contribution in [-0.2, 0) is 6.42 Å². The number of pyridine rings is 1. The van der Waals surface area contributed by atoms with Crippen LogP contribution in [0.4, 0.5) is 0 Å². The molecule has 0 spiro atoms. The molecule has 0 amide bonds. The summed E-state index contributed by atoms with van der Waals surface area (Å²) in [7, 11) is 0. The first-order valence-electron chi connectivity index (χ1n) is 6.76. The summed E-state index contributed by atoms with van der Waals surface area (Å²) in [5.74, 6) is 1.20. The van der Waals surface area contributed by atoms with Crippen LogP contribution in [0.2, 0.25) is 0 Å². The normalized spacial score (nSPS) is 10.2. The van der Waals surface area contributed by atoms with Crippen LogP contribution < -0.4 is 10.5 Å². The molecule has 0 atom stereocenters. The molecular formula is C16H19N3O. The van der Waals surface area contributed by atoms with Gasteiger partial charge in [0.05, 0.1) is 11.8 Å². The quantitative estimate of drug-likeness (QED) is 0.622. The molecule has 2 aromatic rings. The van der Waals surface area contributed by atoms with Crippen molar-refractivity contribution in [3.8, 4) is 11.5 Å². The van der Waals surface area contributed by atoms with Crippen LogP contribution in [0.15, 0.2) is 42.7 Å². The third-order valence-corrected chi connectivity index (χ3v) is 3.04. The van der Waals surface area contributed by atoms with Crippen LogP contribution in [0.1, 0.15) is 30.9 Å². The molecule has 1 heterocycles. The Kier molecular flexibility index (Phi) is 4.71. The van der Waals surface area contributed by atoms with E-state index < -0.39 is 0 Å². The summed E-state index contributed by atoms with van der Waals surface area (Å²) in [6.45, 7) is 2.18. The number of hydrogen-bond donors (Lipinski definition) is 2. The van der Waals surface area contributed by atoms with Crippen molar-refractivity contribution >= 4 is 5.84 Å². The van der Waals surface area contributed by atoms with Crippen molar-refractivity contribution in [2.24, 2.45) is 5.73 Å². The monoisotopic (exact) mass is 269 g/mol. The molecule has 1 aromatic carbocycles. The molecule has 0 unspecified atom stereocenters. The molecule has 4 nitrogen and oxygen atoms in total. The molecule has 3 N–H and O–H groups in total. The smallest absolute Gasteiger partial charge is 0.156 e. The van der Waals surface area contributed by atoms with Gasteiger partial charge < -0.3 is 10.5 Å². The van der Waals surface area contributed by atoms with E-state index in [0.717, 1.165) is 12.2 Å². The van der Waals surface area contributed by atoms with Crippen molar-refractivity contribution in [2.75, 3.05) is 0 Å². The molecule has 2 rings (SSSR count). The molecule has 0 aliphatic carbocycles. The highest BCUT2D eigenvalue weighted by atomic mass is 16.5. The molecule has 0 saturated carbocycles. The summed E-state index contributed by atoms with van der Waals surface area (Å²) >= 11 is 0. The molecule has 0 saturated heterocycles. The van der Waals surface area contributed by atoms with Gasteiger partial charge in [0.25, 0.3) is 0 Å². The largest absolute Gasteiger partial charge is 0.455 e. The van der Waals surface area contributed by atoms with Crippen LogP contribution >= 0.6 is 0 Å². The zero-order valence-electron chi connectivity index (χ0n) is 11.6. The molecule has 104 valence electrons. The third-order valence-electron chi connectivity index (χ3n) is 3.04. The molecule has 0 radical (unpaired) electrons. The average Bonchev–Trinajstić information content (AvgIpc) is 2.47. The minimum Gasteiger partial charge on any atom is -0.455 e. The average molecular weight is 269 g/mol. The minimum atomic E-state index is -0.0260. The molecule has 0 fully saturated rings. The standard InChI is InChI=1S/C16H19N3O/c1-2-3-4-12-5-7-13(8-6-12)20-15-11-19-10-9-14(15)16(17)18/h5-11H,2-4H2,1H3,(H3,17,18). The number of rotatable bonds is 6. The lowest BCUT2D eigenvalue weighted by Crippen LogP contribution is -2.12. The van der Waals surface area contributed by atoms with E-state index in [-0.39, 0.29) is 5.84 Å². The van der Waals surface area contributed by atoms with Gasteiger partial charge in [-0.1, -0.05) is 25.5 Å². The van der Waals surface area contributed by atoms with Gasteiger partial charge in [-0.05, 0) is 36.6 Å². The SMILES string of the molecule is CCCCc1ccc(Oc2cnccc2C(=N)N)cc1. The lowest BCUT2D eigenvalue weighted by molar-refractivity contribution is 0.479. The number of aromatic nitrogens is 1. The predicted molar refractivity (Wildman–Crippen MR) is 80.4 cm³/mol. The Bertz CT molecular complexity index is 579. The number of nitrogens with two attached hydrogens (primary N) is 1. The van der Waals surface area contributed by atoms with Crippen LogP contribution in [0.3, 0.4) is 0 Å². The van der Waals surface area contributed by atoms with E-state index in [4.69, 9.17) is 15.9 Å². The fourth-order valence-corrected chi connectivity index (χ4v) is 1.92. The first-order valence-corrected chi connectivity index (χ1v) is 6.76. The van der Waals surface area contributed by atoms with Gasteiger partial charge >= 0.3 is 0 Å². The maximum Gasteiger partial charge on any atom is 0.156 e. The Morgan fingerprint density at radius 1 is 1.25 bits per heavy atom. The van der Waals surface area contributed by atoms with E-state index in [1.807, 2.05) is 12.1 Å². The summed E-state index contributed by atoms with van der Waals surface area (Å²) in [6, 6.07) is 9.67. The van der Waals surface area contributed by atoms with Crippen molar-refractivity contribution in [3.05, 3.63) is 53.9 Å². The number of amidine groups is 1. The van der Waals surface area contributed by atoms with E-state index >= 15 is 0 Å². The first kappa shape index (κ1) is 14.1. The number of aryl methyl sites for hydroxylation is 1. The van der Waals surface area contributed by atoms with Crippen LogP contribution in [0, 0.1) is 5.41 Å². The van der Waals surface area contributed by atoms with E-state index in [9.17, 15) is 0 Å². The topological polar surface area (TPSA) is 72.0 Å². The zero-order valence-corrected chi connectivity index (χ0v) is 11.6. The third kappa shape index (κ3) is 3.57. The number of benzene rings is 1. The maximum absolute atomic E-state index is 7.52. The Hall–Kier alpha value is -2.36. The first-order chi connectivity index (χ1) is 9.70. The van der Waals surface area contributed by atoms with Crippen molar-refractivity contribution in [3.63, 3.8) is 0 Å². The maximum atomic E-state index is 7.52. The van der Waals surface area contributed by atoms with Gasteiger partial charge in [-0.15, -0.1) is 0 Å². The van der Waals surface area contributed by atoms with E-state index in [0.29, 0.717) is 11.3 Å². The van der Waals surface area contributed by atoms with Gasteiger partial charge in [0, 0.05) is 6.20 Å². The van der Waals surface area contributed by atoms with E-state index in [1.165, 1.54) is 18.4 Å². The van der Waals surface area contributed by atoms with Crippen LogP contribution in [0.25, 0.3) is 0 Å². The summed E-state index contributed by atoms with van der Waals surface area (Å²) in [6.07, 6.45) is 6.63. The molecular weight excluding hydrogens is 250 g/mol. The highest BCUT2D eigenvalue weighted by Crippen LogP contribution is 2.24. The highest BCUT2D eigenvalue weighted by Gasteiger charge is 2.07. The number of nitrogen functional groups attached to an aromatic ring is 1. The molecule has 20 heavy (non-hydrogen) atoms. The van der Waals surface area contributed by atoms with E-state index in [2.05, 4.69) is 24.0 Å². The highest BCUT2D eigenvalue weighted by molar-refractivity contribution is 5.97. The summed E-state index contributed by atoms with van der Waals surface area (Å²) in [5, 5.41) is 7.52. The molecule has 0 aliphatic rings. The number of ether oxygens (including phenoxy) is 1. The zero-order chi connectivity index (χ0) is 14.4. The Labute approximate surface area is 119 Å². The van der Waals surface area contributed by atoms with Crippen molar-refractivity contribution in [2.45, 2.75) is 26.2 Å². The summed E-state index contributed by atoms with van der Waals surface area (Å²) in [5.41, 5.74) is 7.38. The number of nitrogens with zero attached hydrogens (tertiary/aromatic N) is 1. The minimum absolute atomic E-state index is 0.0260. The number of nitrogens with one attached hydrogen (secondary N) is 1. The van der Waals surface area contributed by atoms with Crippen LogP contribution in [-0.4, -0.2) is 10.8 Å². The summed E-state index contributed by atoms with van der Waals surface area (Å²) in [4.78, 5) is 4.00. The van der Waals surface area contributed by atoms with Crippen molar-refractivity contribution < 1.29 is 4.74 Å². The van der Waals surface area contributed by atoms with Gasteiger partial charge in [-0.2, -0.15) is 0 Å². The lowest BCUT2D eigenvalue weighted by Gasteiger charge is -2.10. The van der Waals surface area contributed by atoms with Gasteiger partial charge in [0.2, 0.25) is 0 Å². The molecule has 0 aliphatic heterocycles. The number of unbranched alkanes of at least 4 members (excludes halogenated alkanes) is 1. The fraction of sp³-hybridized carbons (Fsp3) is 0.250. The Morgan fingerprint density at radius 2 is 2.00 bits per heavy atom. The lowest BCUT2D eigenvalue weighted by atomic mass is 10.1. The molecule has 0 bridgehead atoms. The van der Waals surface area contributed by atoms with E-state index in [1.54, 1.807) is 18.5 Å². The second kappa shape index (κ2) is 6.70. The fourth-order valence-electron chi connectivity index (χ4n) is 1.92. The molecule has 1 aromatic heterocycles. The second-order valence-electron chi connectivity index (χ2n) is 4.64. The number of hydrogen-bond acceptors (Lipinski definition) is 3. The van der Waals surface area contributed by atoms with Gasteiger partial charge in [0.15, 0.2) is 5.75 Å². The van der Waals surface area contributed by atoms with Crippen molar-refractivity contribution in [1.82, 2.24) is 4.98 Å². The van der Waals surface area contributed by atoms with Gasteiger partial charge in [-0.3, -0.25) is 10.4 Å². The Morgan fingerprint density at radius 3 is 2.65 bits per heavy atom. The van der Waals surface area contributed by atoms with Crippen molar-refractivity contribution in [1.29, 1.82) is 5.41 Å². The summed E-state index contributed by atoms with van der Waals surface area (Å²) < 4.78 is 5.75. The van der Waals surface area contributed by atoms with Gasteiger partial charge in [-0.25, -0.2) is 0 Å². The Balaban J connectivity index is 2.12. The second-order valence-corrected chi connectivity index (χ2v) is 4.64. The van der Waals surface area contributed by atoms with Crippen LogP contribution in [0.5, 0.6) is 11.5 Å². The molecule has 4 heteroatoms. The van der Waals surface area contributed by atoms with Gasteiger partial charge in [0.1, 0.15) is 11.6 Å². The predicted octanol–water partition coefficient (Wildman–Crippen LogP) is 3.50.